The largest absolute Gasteiger partial charge is 0.454 e. The van der Waals surface area contributed by atoms with Gasteiger partial charge in [-0.25, -0.2) is 0 Å². The van der Waals surface area contributed by atoms with Crippen LogP contribution in [0, 0.1) is 0 Å². The van der Waals surface area contributed by atoms with Gasteiger partial charge in [-0.05, 0) is 44.9 Å². The molecule has 1 heterocycles. The van der Waals surface area contributed by atoms with Crippen LogP contribution < -0.4 is 5.32 Å². The summed E-state index contributed by atoms with van der Waals surface area (Å²) in [5.74, 6) is -1.20. The van der Waals surface area contributed by atoms with Crippen LogP contribution in [-0.2, 0) is 23.8 Å². The number of ether oxygens (including phenoxy) is 3. The van der Waals surface area contributed by atoms with Gasteiger partial charge in [-0.3, -0.25) is 9.59 Å². The van der Waals surface area contributed by atoms with Crippen molar-refractivity contribution < 1.29 is 49.3 Å². The van der Waals surface area contributed by atoms with Crippen LogP contribution in [0.1, 0.15) is 278 Å². The van der Waals surface area contributed by atoms with Gasteiger partial charge < -0.3 is 45.1 Å². The average molecular weight is 1050 g/mol. The molecule has 0 radical (unpaired) electrons. The molecular weight excluding hydrogens is 931 g/mol. The van der Waals surface area contributed by atoms with Crippen molar-refractivity contribution in [2.75, 3.05) is 13.2 Å². The van der Waals surface area contributed by atoms with Gasteiger partial charge in [-0.2, -0.15) is 0 Å². The van der Waals surface area contributed by atoms with E-state index in [4.69, 9.17) is 14.2 Å². The van der Waals surface area contributed by atoms with E-state index in [9.17, 15) is 35.1 Å². The molecule has 11 nitrogen and oxygen atoms in total. The summed E-state index contributed by atoms with van der Waals surface area (Å²) in [4.78, 5) is 26.5. The van der Waals surface area contributed by atoms with Crippen molar-refractivity contribution in [3.05, 3.63) is 48.6 Å². The van der Waals surface area contributed by atoms with Crippen molar-refractivity contribution in [2.45, 2.75) is 327 Å². The molecule has 0 aromatic heterocycles. The quantitative estimate of drug-likeness (QED) is 0.0149. The minimum absolute atomic E-state index is 0.111. The van der Waals surface area contributed by atoms with E-state index in [1.807, 2.05) is 12.2 Å². The molecule has 8 unspecified atom stereocenters. The highest BCUT2D eigenvalue weighted by atomic mass is 16.7. The van der Waals surface area contributed by atoms with Crippen molar-refractivity contribution in [1.29, 1.82) is 0 Å². The van der Waals surface area contributed by atoms with E-state index < -0.39 is 67.4 Å². The number of rotatable bonds is 52. The number of hydrogen-bond donors (Lipinski definition) is 6. The first kappa shape index (κ1) is 69.6. The molecule has 6 N–H and O–H groups in total. The van der Waals surface area contributed by atoms with E-state index in [2.05, 4.69) is 56.5 Å². The molecule has 0 bridgehead atoms. The standard InChI is InChI=1S/C63H115NO10/c1-4-7-10-13-16-19-22-25-27-28-29-31-32-35-38-41-44-47-50-56(67)62(71)64-54(55(66)49-46-43-40-37-34-24-21-18-15-12-9-6-3)53-72-63-61(60(70)59(69)57(52-65)73-63)74-58(68)51-48-45-42-39-36-33-30-26-23-20-17-14-11-8-5-2/h8,11,14,17,20,23,46,49,54-57,59-61,63,65-67,69-70H,4-7,9-10,12-13,15-16,18-19,21-22,24-45,47-48,50-53H2,1-3H3,(H,64,71)/b11-8+,17-14+,23-20+,49-46+. The second-order valence-electron chi connectivity index (χ2n) is 21.5. The Labute approximate surface area is 453 Å². The Hall–Kier alpha value is -2.38. The molecule has 1 aliphatic rings. The average Bonchev–Trinajstić information content (AvgIpc) is 3.40. The first-order chi connectivity index (χ1) is 36.2. The third kappa shape index (κ3) is 39.1. The molecule has 74 heavy (non-hydrogen) atoms. The molecule has 0 saturated carbocycles. The summed E-state index contributed by atoms with van der Waals surface area (Å²) in [6.45, 7) is 5.67. The normalized spacial score (nSPS) is 19.6. The molecule has 0 spiro atoms. The molecule has 8 atom stereocenters. The second kappa shape index (κ2) is 51.4. The van der Waals surface area contributed by atoms with Crippen LogP contribution in [0.25, 0.3) is 0 Å². The Morgan fingerprint density at radius 3 is 1.45 bits per heavy atom. The lowest BCUT2D eigenvalue weighted by atomic mass is 9.99. The van der Waals surface area contributed by atoms with Gasteiger partial charge in [0.2, 0.25) is 5.91 Å². The number of unbranched alkanes of at least 4 members (excludes halogenated alkanes) is 34. The van der Waals surface area contributed by atoms with Gasteiger partial charge in [-0.15, -0.1) is 0 Å². The molecule has 0 aromatic carbocycles. The Balaban J connectivity index is 2.68. The fraction of sp³-hybridized carbons (Fsp3) is 0.841. The molecule has 0 aliphatic carbocycles. The molecule has 1 saturated heterocycles. The van der Waals surface area contributed by atoms with Gasteiger partial charge >= 0.3 is 5.97 Å². The molecule has 432 valence electrons. The molecule has 11 heteroatoms. The van der Waals surface area contributed by atoms with Crippen LogP contribution in [0.4, 0.5) is 0 Å². The fourth-order valence-electron chi connectivity index (χ4n) is 9.65. The molecule has 1 rings (SSSR count). The second-order valence-corrected chi connectivity index (χ2v) is 21.5. The van der Waals surface area contributed by atoms with Crippen LogP contribution in [-0.4, -0.2) is 99.6 Å². The van der Waals surface area contributed by atoms with Gasteiger partial charge in [0.25, 0.3) is 0 Å². The lowest BCUT2D eigenvalue weighted by Crippen LogP contribution is -2.61. The van der Waals surface area contributed by atoms with Crippen molar-refractivity contribution in [3.63, 3.8) is 0 Å². The minimum atomic E-state index is -1.62. The molecule has 0 aromatic rings. The molecule has 1 amide bonds. The summed E-state index contributed by atoms with van der Waals surface area (Å²) in [5, 5.41) is 56.9. The molecule has 1 fully saturated rings. The Morgan fingerprint density at radius 1 is 0.541 bits per heavy atom. The lowest BCUT2D eigenvalue weighted by Gasteiger charge is -2.41. The van der Waals surface area contributed by atoms with Crippen molar-refractivity contribution in [1.82, 2.24) is 5.32 Å². The van der Waals surface area contributed by atoms with Gasteiger partial charge in [-0.1, -0.05) is 275 Å². The number of esters is 1. The fourth-order valence-corrected chi connectivity index (χ4v) is 9.65. The smallest absolute Gasteiger partial charge is 0.306 e. The topological polar surface area (TPSA) is 175 Å². The number of amides is 1. The number of hydrogen-bond acceptors (Lipinski definition) is 10. The van der Waals surface area contributed by atoms with E-state index in [1.165, 1.54) is 141 Å². The SMILES string of the molecule is CC/C=C/C=C/C=C/CCCCCCCCCC(=O)OC1C(OCC(NC(=O)C(O)CCCCCCCCCCCCCCCCCCCC)C(O)/C=C/CCCCCCCCCCCC)OC(CO)C(O)C1O. The first-order valence-electron chi connectivity index (χ1n) is 30.9. The van der Waals surface area contributed by atoms with E-state index in [1.54, 1.807) is 6.08 Å². The van der Waals surface area contributed by atoms with Crippen molar-refractivity contribution >= 4 is 11.9 Å². The van der Waals surface area contributed by atoms with Crippen molar-refractivity contribution in [2.24, 2.45) is 0 Å². The summed E-state index contributed by atoms with van der Waals surface area (Å²) in [5.41, 5.74) is 0. The summed E-state index contributed by atoms with van der Waals surface area (Å²) >= 11 is 0. The number of aliphatic hydroxyl groups is 5. The number of carbonyl (C=O) groups excluding carboxylic acids is 2. The van der Waals surface area contributed by atoms with Gasteiger partial charge in [0, 0.05) is 6.42 Å². The highest BCUT2D eigenvalue weighted by Crippen LogP contribution is 2.26. The highest BCUT2D eigenvalue weighted by Gasteiger charge is 2.47. The minimum Gasteiger partial charge on any atom is -0.454 e. The Bertz CT molecular complexity index is 1390. The molecular formula is C63H115NO10. The van der Waals surface area contributed by atoms with Crippen LogP contribution in [0.2, 0.25) is 0 Å². The highest BCUT2D eigenvalue weighted by molar-refractivity contribution is 5.80. The number of carbonyl (C=O) groups is 2. The first-order valence-corrected chi connectivity index (χ1v) is 30.9. The van der Waals surface area contributed by atoms with Gasteiger partial charge in [0.05, 0.1) is 25.4 Å². The number of aliphatic hydroxyl groups excluding tert-OH is 5. The zero-order valence-corrected chi connectivity index (χ0v) is 47.7. The maximum Gasteiger partial charge on any atom is 0.306 e. The predicted octanol–water partition coefficient (Wildman–Crippen LogP) is 14.4. The maximum absolute atomic E-state index is 13.4. The summed E-state index contributed by atoms with van der Waals surface area (Å²) in [6, 6.07) is -1.02. The maximum atomic E-state index is 13.4. The zero-order valence-electron chi connectivity index (χ0n) is 47.7. The van der Waals surface area contributed by atoms with E-state index in [0.717, 1.165) is 89.9 Å². The van der Waals surface area contributed by atoms with Crippen LogP contribution in [0.5, 0.6) is 0 Å². The van der Waals surface area contributed by atoms with Gasteiger partial charge in [0.15, 0.2) is 12.4 Å². The third-order valence-electron chi connectivity index (χ3n) is 14.6. The lowest BCUT2D eigenvalue weighted by molar-refractivity contribution is -0.305. The van der Waals surface area contributed by atoms with Crippen LogP contribution in [0.15, 0.2) is 48.6 Å². The van der Waals surface area contributed by atoms with Crippen molar-refractivity contribution in [3.8, 4) is 0 Å². The number of allylic oxidation sites excluding steroid dienone is 7. The summed E-state index contributed by atoms with van der Waals surface area (Å²) in [6.07, 6.45) is 51.5. The summed E-state index contributed by atoms with van der Waals surface area (Å²) < 4.78 is 17.6. The monoisotopic (exact) mass is 1050 g/mol. The Morgan fingerprint density at radius 2 is 0.973 bits per heavy atom. The third-order valence-corrected chi connectivity index (χ3v) is 14.6. The number of nitrogens with one attached hydrogen (secondary N) is 1. The van der Waals surface area contributed by atoms with Crippen LogP contribution >= 0.6 is 0 Å². The van der Waals surface area contributed by atoms with E-state index in [-0.39, 0.29) is 13.0 Å². The van der Waals surface area contributed by atoms with Crippen LogP contribution in [0.3, 0.4) is 0 Å². The van der Waals surface area contributed by atoms with E-state index >= 15 is 0 Å². The predicted molar refractivity (Wildman–Crippen MR) is 306 cm³/mol. The molecule has 1 aliphatic heterocycles. The van der Waals surface area contributed by atoms with Gasteiger partial charge in [0.1, 0.15) is 24.4 Å². The zero-order chi connectivity index (χ0) is 54.0. The Kier molecular flexibility index (Phi) is 48.3. The van der Waals surface area contributed by atoms with E-state index in [0.29, 0.717) is 19.3 Å². The summed E-state index contributed by atoms with van der Waals surface area (Å²) in [7, 11) is 0.